The molecule has 0 aliphatic carbocycles. The van der Waals surface area contributed by atoms with Gasteiger partial charge in [0.1, 0.15) is 0 Å². The molecule has 1 atom stereocenters. The highest BCUT2D eigenvalue weighted by molar-refractivity contribution is 6.21. The van der Waals surface area contributed by atoms with Crippen molar-refractivity contribution in [2.24, 2.45) is 5.92 Å². The van der Waals surface area contributed by atoms with Crippen molar-refractivity contribution in [3.05, 3.63) is 65.2 Å². The number of hydrogen-bond acceptors (Lipinski definition) is 5. The smallest absolute Gasteiger partial charge is 0.329 e. The Balaban J connectivity index is 1.41. The summed E-state index contributed by atoms with van der Waals surface area (Å²) in [6, 6.07) is 14.0. The molecule has 7 nitrogen and oxygen atoms in total. The molecule has 1 saturated heterocycles. The second-order valence-electron chi connectivity index (χ2n) is 7.54. The molecule has 30 heavy (non-hydrogen) atoms. The van der Waals surface area contributed by atoms with E-state index < -0.39 is 23.7 Å². The first-order valence-electron chi connectivity index (χ1n) is 10.1. The van der Waals surface area contributed by atoms with Crippen LogP contribution in [0.3, 0.4) is 0 Å². The zero-order valence-corrected chi connectivity index (χ0v) is 16.7. The van der Waals surface area contributed by atoms with Gasteiger partial charge in [0, 0.05) is 18.7 Å². The molecule has 7 heteroatoms. The van der Waals surface area contributed by atoms with Gasteiger partial charge in [-0.1, -0.05) is 42.7 Å². The van der Waals surface area contributed by atoms with Gasteiger partial charge in [-0.15, -0.1) is 0 Å². The maximum atomic E-state index is 12.6. The number of fused-ring (bicyclic) bond motifs is 1. The molecule has 0 saturated carbocycles. The van der Waals surface area contributed by atoms with Crippen molar-refractivity contribution in [3.63, 3.8) is 0 Å². The van der Waals surface area contributed by atoms with Gasteiger partial charge in [0.05, 0.1) is 17.0 Å². The average Bonchev–Trinajstić information content (AvgIpc) is 3.26. The second kappa shape index (κ2) is 8.10. The maximum absolute atomic E-state index is 12.6. The lowest BCUT2D eigenvalue weighted by molar-refractivity contribution is -0.173. The Bertz CT molecular complexity index is 980. The lowest BCUT2D eigenvalue weighted by atomic mass is 10.1. The van der Waals surface area contributed by atoms with E-state index in [0.717, 1.165) is 24.9 Å². The summed E-state index contributed by atoms with van der Waals surface area (Å²) in [6.07, 6.45) is 3.18. The fourth-order valence-electron chi connectivity index (χ4n) is 3.75. The summed E-state index contributed by atoms with van der Waals surface area (Å²) in [5, 5.41) is 0.489. The molecule has 2 aliphatic rings. The number of hydroxylamine groups is 2. The molecule has 0 radical (unpaired) electrons. The van der Waals surface area contributed by atoms with E-state index in [0.29, 0.717) is 5.06 Å². The summed E-state index contributed by atoms with van der Waals surface area (Å²) in [5.74, 6) is -3.05. The maximum Gasteiger partial charge on any atom is 0.338 e. The molecule has 154 valence electrons. The highest BCUT2D eigenvalue weighted by Crippen LogP contribution is 2.28. The van der Waals surface area contributed by atoms with Gasteiger partial charge in [-0.2, -0.15) is 0 Å². The van der Waals surface area contributed by atoms with Gasteiger partial charge in [0.2, 0.25) is 5.91 Å². The number of aryl methyl sites for hydroxylation is 1. The third-order valence-corrected chi connectivity index (χ3v) is 5.46. The van der Waals surface area contributed by atoms with Gasteiger partial charge < -0.3 is 9.74 Å². The van der Waals surface area contributed by atoms with Crippen molar-refractivity contribution in [1.29, 1.82) is 0 Å². The predicted molar refractivity (Wildman–Crippen MR) is 109 cm³/mol. The van der Waals surface area contributed by atoms with Crippen molar-refractivity contribution in [2.45, 2.75) is 32.6 Å². The number of benzene rings is 2. The summed E-state index contributed by atoms with van der Waals surface area (Å²) in [6.45, 7) is 2.29. The van der Waals surface area contributed by atoms with E-state index in [-0.39, 0.29) is 30.0 Å². The number of carbonyl (C=O) groups is 4. The van der Waals surface area contributed by atoms with Crippen LogP contribution in [0.4, 0.5) is 5.69 Å². The van der Waals surface area contributed by atoms with Crippen LogP contribution in [0.2, 0.25) is 0 Å². The monoisotopic (exact) mass is 406 g/mol. The Morgan fingerprint density at radius 2 is 1.63 bits per heavy atom. The molecule has 0 N–H and O–H groups in total. The summed E-state index contributed by atoms with van der Waals surface area (Å²) in [4.78, 5) is 56.4. The molecule has 1 fully saturated rings. The summed E-state index contributed by atoms with van der Waals surface area (Å²) in [5.41, 5.74) is 2.32. The third kappa shape index (κ3) is 3.58. The highest BCUT2D eigenvalue weighted by Gasteiger charge is 2.42. The minimum atomic E-state index is -0.764. The van der Waals surface area contributed by atoms with Gasteiger partial charge in [0.25, 0.3) is 11.8 Å². The lowest BCUT2D eigenvalue weighted by Crippen LogP contribution is -2.36. The van der Waals surface area contributed by atoms with E-state index >= 15 is 0 Å². The molecular formula is C23H22N2O5. The predicted octanol–water partition coefficient (Wildman–Crippen LogP) is 3.14. The number of anilines is 1. The van der Waals surface area contributed by atoms with Crippen molar-refractivity contribution < 1.29 is 24.0 Å². The number of nitrogens with zero attached hydrogens (tertiary/aromatic N) is 2. The molecule has 2 aromatic carbocycles. The van der Waals surface area contributed by atoms with Crippen molar-refractivity contribution in [2.75, 3.05) is 11.4 Å². The Morgan fingerprint density at radius 1 is 1.00 bits per heavy atom. The number of carbonyl (C=O) groups excluding carboxylic acids is 4. The Kier molecular flexibility index (Phi) is 5.35. The molecule has 4 rings (SSSR count). The fourth-order valence-corrected chi connectivity index (χ4v) is 3.75. The van der Waals surface area contributed by atoms with E-state index in [1.54, 1.807) is 12.1 Å². The van der Waals surface area contributed by atoms with E-state index in [1.807, 2.05) is 24.3 Å². The van der Waals surface area contributed by atoms with E-state index in [1.165, 1.54) is 22.6 Å². The minimum absolute atomic E-state index is 0.0282. The van der Waals surface area contributed by atoms with Crippen LogP contribution in [0, 0.1) is 5.92 Å². The van der Waals surface area contributed by atoms with Crippen molar-refractivity contribution in [1.82, 2.24) is 5.06 Å². The van der Waals surface area contributed by atoms with Crippen LogP contribution in [0.25, 0.3) is 0 Å². The van der Waals surface area contributed by atoms with Crippen LogP contribution in [0.5, 0.6) is 0 Å². The fraction of sp³-hybridized carbons (Fsp3) is 0.304. The molecule has 0 aromatic heterocycles. The topological polar surface area (TPSA) is 84.0 Å². The summed E-state index contributed by atoms with van der Waals surface area (Å²) < 4.78 is 0. The molecule has 1 unspecified atom stereocenters. The number of unbranched alkanes of at least 4 members (excludes halogenated alkanes) is 1. The molecule has 2 aliphatic heterocycles. The Morgan fingerprint density at radius 3 is 2.23 bits per heavy atom. The van der Waals surface area contributed by atoms with Gasteiger partial charge in [-0.05, 0) is 42.7 Å². The summed E-state index contributed by atoms with van der Waals surface area (Å²) in [7, 11) is 0. The molecule has 0 spiro atoms. The molecule has 3 amide bonds. The van der Waals surface area contributed by atoms with Crippen LogP contribution < -0.4 is 4.90 Å². The van der Waals surface area contributed by atoms with E-state index in [2.05, 4.69) is 6.92 Å². The lowest BCUT2D eigenvalue weighted by Gasteiger charge is -2.18. The zero-order valence-electron chi connectivity index (χ0n) is 16.7. The average molecular weight is 406 g/mol. The standard InChI is InChI=1S/C23H22N2O5/c1-2-3-6-15-9-11-17(12-10-15)24-14-16(13-20(24)26)23(29)30-25-21(27)18-7-4-5-8-19(18)22(25)28/h4-5,7-12,16H,2-3,6,13-14H2,1H3. The van der Waals surface area contributed by atoms with Gasteiger partial charge in [0.15, 0.2) is 0 Å². The first-order valence-corrected chi connectivity index (χ1v) is 10.1. The van der Waals surface area contributed by atoms with Crippen LogP contribution >= 0.6 is 0 Å². The largest absolute Gasteiger partial charge is 0.338 e. The van der Waals surface area contributed by atoms with Crippen LogP contribution in [0.1, 0.15) is 52.5 Å². The zero-order chi connectivity index (χ0) is 21.3. The molecule has 0 bridgehead atoms. The van der Waals surface area contributed by atoms with Crippen LogP contribution in [-0.2, 0) is 20.8 Å². The number of imide groups is 1. The molecular weight excluding hydrogens is 384 g/mol. The van der Waals surface area contributed by atoms with Gasteiger partial charge in [-0.25, -0.2) is 4.79 Å². The molecule has 2 aromatic rings. The third-order valence-electron chi connectivity index (χ3n) is 5.46. The molecule has 2 heterocycles. The Labute approximate surface area is 174 Å². The van der Waals surface area contributed by atoms with Crippen LogP contribution in [0.15, 0.2) is 48.5 Å². The summed E-state index contributed by atoms with van der Waals surface area (Å²) >= 11 is 0. The Hall–Kier alpha value is -3.48. The van der Waals surface area contributed by atoms with E-state index in [9.17, 15) is 19.2 Å². The number of amides is 3. The van der Waals surface area contributed by atoms with Crippen molar-refractivity contribution >= 4 is 29.4 Å². The van der Waals surface area contributed by atoms with Crippen molar-refractivity contribution in [3.8, 4) is 0 Å². The van der Waals surface area contributed by atoms with Crippen LogP contribution in [-0.4, -0.2) is 35.3 Å². The second-order valence-corrected chi connectivity index (χ2v) is 7.54. The quantitative estimate of drug-likeness (QED) is 0.688. The normalized spacial score (nSPS) is 18.2. The highest BCUT2D eigenvalue weighted by atomic mass is 16.7. The SMILES string of the molecule is CCCCc1ccc(N2CC(C(=O)ON3C(=O)c4ccccc4C3=O)CC2=O)cc1. The first-order chi connectivity index (χ1) is 14.5. The van der Waals surface area contributed by atoms with Gasteiger partial charge in [-0.3, -0.25) is 14.4 Å². The van der Waals surface area contributed by atoms with Gasteiger partial charge >= 0.3 is 5.97 Å². The number of rotatable bonds is 6. The van der Waals surface area contributed by atoms with E-state index in [4.69, 9.17) is 4.84 Å². The first kappa shape index (κ1) is 19.8. The number of hydrogen-bond donors (Lipinski definition) is 0. The minimum Gasteiger partial charge on any atom is -0.329 e.